The molecule has 0 unspecified atom stereocenters. The Balaban J connectivity index is 2.32. The summed E-state index contributed by atoms with van der Waals surface area (Å²) in [6.45, 7) is 4.49. The predicted octanol–water partition coefficient (Wildman–Crippen LogP) is 5.01. The quantitative estimate of drug-likeness (QED) is 0.597. The van der Waals surface area contributed by atoms with E-state index in [9.17, 15) is 14.0 Å². The molecule has 0 aromatic heterocycles. The SMILES string of the molecule is CCCNC(=O)[C@@H](CC)N(Cc1ccc(Cl)c(Cl)c1)C(=O)Cc1ccccc1F. The van der Waals surface area contributed by atoms with Gasteiger partial charge in [0, 0.05) is 13.1 Å². The van der Waals surface area contributed by atoms with Crippen LogP contribution in [0.3, 0.4) is 0 Å². The molecule has 0 spiro atoms. The van der Waals surface area contributed by atoms with E-state index in [1.165, 1.54) is 11.0 Å². The number of benzene rings is 2. The highest BCUT2D eigenvalue weighted by Gasteiger charge is 2.29. The van der Waals surface area contributed by atoms with Crippen LogP contribution in [-0.2, 0) is 22.6 Å². The first kappa shape index (κ1) is 23.2. The van der Waals surface area contributed by atoms with E-state index >= 15 is 0 Å². The Hall–Kier alpha value is -2.11. The van der Waals surface area contributed by atoms with Gasteiger partial charge in [0.1, 0.15) is 11.9 Å². The van der Waals surface area contributed by atoms with Crippen molar-refractivity contribution in [2.24, 2.45) is 0 Å². The van der Waals surface area contributed by atoms with Crippen LogP contribution in [0.1, 0.15) is 37.8 Å². The molecular weight excluding hydrogens is 414 g/mol. The fraction of sp³-hybridized carbons (Fsp3) is 0.364. The van der Waals surface area contributed by atoms with Gasteiger partial charge in [0.15, 0.2) is 0 Å². The number of hydrogen-bond acceptors (Lipinski definition) is 2. The molecule has 0 fully saturated rings. The minimum absolute atomic E-state index is 0.133. The lowest BCUT2D eigenvalue weighted by atomic mass is 10.1. The molecule has 1 N–H and O–H groups in total. The monoisotopic (exact) mass is 438 g/mol. The number of hydrogen-bond donors (Lipinski definition) is 1. The molecule has 0 saturated carbocycles. The summed E-state index contributed by atoms with van der Waals surface area (Å²) in [5, 5.41) is 3.63. The maximum Gasteiger partial charge on any atom is 0.242 e. The fourth-order valence-corrected chi connectivity index (χ4v) is 3.35. The zero-order valence-electron chi connectivity index (χ0n) is 16.6. The molecule has 2 rings (SSSR count). The van der Waals surface area contributed by atoms with Crippen molar-refractivity contribution in [1.29, 1.82) is 0 Å². The largest absolute Gasteiger partial charge is 0.354 e. The minimum Gasteiger partial charge on any atom is -0.354 e. The van der Waals surface area contributed by atoms with Gasteiger partial charge < -0.3 is 10.2 Å². The van der Waals surface area contributed by atoms with Crippen molar-refractivity contribution in [1.82, 2.24) is 10.2 Å². The van der Waals surface area contributed by atoms with E-state index < -0.39 is 11.9 Å². The Bertz CT molecular complexity index is 860. The highest BCUT2D eigenvalue weighted by molar-refractivity contribution is 6.42. The molecular formula is C22H25Cl2FN2O2. The number of halogens is 3. The van der Waals surface area contributed by atoms with E-state index in [0.29, 0.717) is 28.6 Å². The van der Waals surface area contributed by atoms with E-state index in [-0.39, 0.29) is 24.8 Å². The van der Waals surface area contributed by atoms with Crippen LogP contribution in [0.4, 0.5) is 4.39 Å². The number of amides is 2. The molecule has 29 heavy (non-hydrogen) atoms. The van der Waals surface area contributed by atoms with E-state index in [1.807, 2.05) is 13.8 Å². The number of nitrogens with zero attached hydrogens (tertiary/aromatic N) is 1. The minimum atomic E-state index is -0.671. The summed E-state index contributed by atoms with van der Waals surface area (Å²) in [6, 6.07) is 10.6. The van der Waals surface area contributed by atoms with Gasteiger partial charge in [0.25, 0.3) is 0 Å². The zero-order valence-corrected chi connectivity index (χ0v) is 18.1. The van der Waals surface area contributed by atoms with Gasteiger partial charge in [-0.15, -0.1) is 0 Å². The molecule has 1 atom stereocenters. The first-order valence-electron chi connectivity index (χ1n) is 9.61. The van der Waals surface area contributed by atoms with Crippen molar-refractivity contribution in [3.63, 3.8) is 0 Å². The van der Waals surface area contributed by atoms with Crippen LogP contribution in [0.25, 0.3) is 0 Å². The molecule has 0 heterocycles. The molecule has 0 aliphatic heterocycles. The predicted molar refractivity (Wildman–Crippen MR) is 114 cm³/mol. The summed E-state index contributed by atoms with van der Waals surface area (Å²) in [7, 11) is 0. The molecule has 7 heteroatoms. The van der Waals surface area contributed by atoms with Gasteiger partial charge in [-0.1, -0.05) is 61.3 Å². The maximum atomic E-state index is 14.1. The van der Waals surface area contributed by atoms with Crippen molar-refractivity contribution >= 4 is 35.0 Å². The summed E-state index contributed by atoms with van der Waals surface area (Å²) >= 11 is 12.1. The van der Waals surface area contributed by atoms with Gasteiger partial charge in [0.2, 0.25) is 11.8 Å². The molecule has 0 saturated heterocycles. The standard InChI is InChI=1S/C22H25Cl2FN2O2/c1-3-11-26-22(29)20(4-2)27(14-15-9-10-17(23)18(24)12-15)21(28)13-16-7-5-6-8-19(16)25/h5-10,12,20H,3-4,11,13-14H2,1-2H3,(H,26,29)/t20-/m1/s1. The van der Waals surface area contributed by atoms with Gasteiger partial charge in [-0.2, -0.15) is 0 Å². The Morgan fingerprint density at radius 2 is 1.83 bits per heavy atom. The van der Waals surface area contributed by atoms with Crippen molar-refractivity contribution in [3.8, 4) is 0 Å². The molecule has 0 bridgehead atoms. The van der Waals surface area contributed by atoms with Gasteiger partial charge in [-0.3, -0.25) is 9.59 Å². The maximum absolute atomic E-state index is 14.1. The Labute approximate surface area is 181 Å². The normalized spacial score (nSPS) is 11.8. The highest BCUT2D eigenvalue weighted by atomic mass is 35.5. The topological polar surface area (TPSA) is 49.4 Å². The molecule has 0 radical (unpaired) electrons. The number of rotatable bonds is 9. The number of carbonyl (C=O) groups excluding carboxylic acids is 2. The molecule has 4 nitrogen and oxygen atoms in total. The lowest BCUT2D eigenvalue weighted by Gasteiger charge is -2.31. The average Bonchev–Trinajstić information content (AvgIpc) is 2.70. The smallest absolute Gasteiger partial charge is 0.242 e. The van der Waals surface area contributed by atoms with E-state index in [4.69, 9.17) is 23.2 Å². The third kappa shape index (κ3) is 6.44. The molecule has 0 aliphatic rings. The average molecular weight is 439 g/mol. The summed E-state index contributed by atoms with van der Waals surface area (Å²) in [4.78, 5) is 27.3. The summed E-state index contributed by atoms with van der Waals surface area (Å²) in [5.74, 6) is -1.00. The van der Waals surface area contributed by atoms with E-state index in [0.717, 1.165) is 12.0 Å². The summed E-state index contributed by atoms with van der Waals surface area (Å²) in [5.41, 5.74) is 1.03. The lowest BCUT2D eigenvalue weighted by Crippen LogP contribution is -2.49. The van der Waals surface area contributed by atoms with Gasteiger partial charge in [0.05, 0.1) is 16.5 Å². The van der Waals surface area contributed by atoms with Crippen LogP contribution in [0, 0.1) is 5.82 Å². The van der Waals surface area contributed by atoms with Gasteiger partial charge in [-0.25, -0.2) is 4.39 Å². The van der Waals surface area contributed by atoms with Gasteiger partial charge >= 0.3 is 0 Å². The highest BCUT2D eigenvalue weighted by Crippen LogP contribution is 2.24. The Morgan fingerprint density at radius 3 is 2.45 bits per heavy atom. The van der Waals surface area contributed by atoms with Crippen LogP contribution >= 0.6 is 23.2 Å². The third-order valence-electron chi connectivity index (χ3n) is 4.57. The van der Waals surface area contributed by atoms with Crippen molar-refractivity contribution in [2.75, 3.05) is 6.54 Å². The molecule has 0 aliphatic carbocycles. The van der Waals surface area contributed by atoms with Crippen molar-refractivity contribution < 1.29 is 14.0 Å². The first-order chi connectivity index (χ1) is 13.9. The fourth-order valence-electron chi connectivity index (χ4n) is 3.03. The molecule has 2 aromatic rings. The van der Waals surface area contributed by atoms with Crippen LogP contribution in [0.15, 0.2) is 42.5 Å². The first-order valence-corrected chi connectivity index (χ1v) is 10.4. The zero-order chi connectivity index (χ0) is 21.4. The van der Waals surface area contributed by atoms with E-state index in [2.05, 4.69) is 5.32 Å². The Morgan fingerprint density at radius 1 is 1.10 bits per heavy atom. The van der Waals surface area contributed by atoms with Crippen LogP contribution in [0.2, 0.25) is 10.0 Å². The second-order valence-electron chi connectivity index (χ2n) is 6.75. The van der Waals surface area contributed by atoms with Crippen LogP contribution in [0.5, 0.6) is 0 Å². The Kier molecular flexibility index (Phi) is 8.93. The summed E-state index contributed by atoms with van der Waals surface area (Å²) in [6.07, 6.45) is 1.09. The molecule has 2 aromatic carbocycles. The molecule has 156 valence electrons. The second-order valence-corrected chi connectivity index (χ2v) is 7.57. The third-order valence-corrected chi connectivity index (χ3v) is 5.31. The second kappa shape index (κ2) is 11.2. The van der Waals surface area contributed by atoms with Crippen LogP contribution < -0.4 is 5.32 Å². The van der Waals surface area contributed by atoms with Crippen LogP contribution in [-0.4, -0.2) is 29.3 Å². The lowest BCUT2D eigenvalue weighted by molar-refractivity contribution is -0.141. The number of nitrogens with one attached hydrogen (secondary N) is 1. The van der Waals surface area contributed by atoms with Crippen molar-refractivity contribution in [2.45, 2.75) is 45.7 Å². The van der Waals surface area contributed by atoms with E-state index in [1.54, 1.807) is 36.4 Å². The summed E-state index contributed by atoms with van der Waals surface area (Å²) < 4.78 is 14.1. The molecule has 2 amide bonds. The van der Waals surface area contributed by atoms with Crippen molar-refractivity contribution in [3.05, 3.63) is 69.5 Å². The van der Waals surface area contributed by atoms with Gasteiger partial charge in [-0.05, 0) is 42.2 Å². The number of carbonyl (C=O) groups is 2.